The van der Waals surface area contributed by atoms with Crippen LogP contribution in [0.25, 0.3) is 10.9 Å². The van der Waals surface area contributed by atoms with Crippen molar-refractivity contribution in [2.24, 2.45) is 0 Å². The molecule has 142 valence electrons. The summed E-state index contributed by atoms with van der Waals surface area (Å²) < 4.78 is 24.1. The zero-order valence-electron chi connectivity index (χ0n) is 14.0. The number of nitriles is 1. The van der Waals surface area contributed by atoms with Crippen LogP contribution in [0.1, 0.15) is 22.2 Å². The van der Waals surface area contributed by atoms with Crippen molar-refractivity contribution in [3.05, 3.63) is 54.9 Å². The second-order valence-corrected chi connectivity index (χ2v) is 9.22. The summed E-state index contributed by atoms with van der Waals surface area (Å²) in [5, 5.41) is 8.97. The number of halogens is 2. The summed E-state index contributed by atoms with van der Waals surface area (Å²) in [5.74, 6) is -2.65. The first-order valence-corrected chi connectivity index (χ1v) is 10.8. The molecule has 3 aromatic rings. The van der Waals surface area contributed by atoms with E-state index in [1.165, 1.54) is 0 Å². The van der Waals surface area contributed by atoms with Crippen LogP contribution in [0.5, 0.6) is 0 Å². The van der Waals surface area contributed by atoms with Gasteiger partial charge in [-0.2, -0.15) is 5.26 Å². The Morgan fingerprint density at radius 2 is 2.07 bits per heavy atom. The smallest absolute Gasteiger partial charge is 0.258 e. The molecule has 0 aliphatic rings. The molecule has 1 aromatic carbocycles. The van der Waals surface area contributed by atoms with Gasteiger partial charge in [0.15, 0.2) is 5.92 Å². The lowest BCUT2D eigenvalue weighted by Crippen LogP contribution is -2.21. The van der Waals surface area contributed by atoms with Crippen LogP contribution in [-0.4, -0.2) is 40.4 Å². The predicted octanol–water partition coefficient (Wildman–Crippen LogP) is 1.86. The van der Waals surface area contributed by atoms with E-state index >= 15 is 0 Å². The number of H-pyrrole nitrogens is 1. The Labute approximate surface area is 176 Å². The maximum atomic E-state index is 12.8. The number of sulfone groups is 1. The third kappa shape index (κ3) is 3.89. The quantitative estimate of drug-likeness (QED) is 0.306. The normalized spacial score (nSPS) is 12.5. The van der Waals surface area contributed by atoms with E-state index in [-0.39, 0.29) is 10.8 Å². The first-order valence-electron chi connectivity index (χ1n) is 7.47. The third-order valence-electron chi connectivity index (χ3n) is 3.64. The molecule has 0 saturated carbocycles. The Morgan fingerprint density at radius 1 is 1.36 bits per heavy atom. The number of hydrogen-bond acceptors (Lipinski definition) is 8. The fourth-order valence-electron chi connectivity index (χ4n) is 2.35. The van der Waals surface area contributed by atoms with Gasteiger partial charge < -0.3 is 4.98 Å². The fraction of sp³-hybridized carbons (Fsp3) is 0.125. The maximum absolute atomic E-state index is 12.8. The van der Waals surface area contributed by atoms with Crippen molar-refractivity contribution in [3.63, 3.8) is 0 Å². The number of ketones is 1. The van der Waals surface area contributed by atoms with Gasteiger partial charge in [0.05, 0.1) is 28.2 Å². The monoisotopic (exact) mass is 529 g/mol. The van der Waals surface area contributed by atoms with E-state index in [9.17, 15) is 23.3 Å². The zero-order chi connectivity index (χ0) is 20.6. The molecule has 0 radical (unpaired) electrons. The molecule has 0 aliphatic carbocycles. The van der Waals surface area contributed by atoms with Gasteiger partial charge in [-0.05, 0) is 40.8 Å². The lowest BCUT2D eigenvalue weighted by atomic mass is 10.0. The van der Waals surface area contributed by atoms with E-state index in [2.05, 4.69) is 19.9 Å². The van der Waals surface area contributed by atoms with Gasteiger partial charge in [0, 0.05) is 9.83 Å². The number of nitrogens with zero attached hydrogens (tertiary/aromatic N) is 4. The van der Waals surface area contributed by atoms with Gasteiger partial charge >= 0.3 is 0 Å². The van der Waals surface area contributed by atoms with Gasteiger partial charge in [-0.25, -0.2) is 23.4 Å². The molecule has 2 heterocycles. The highest BCUT2D eigenvalue weighted by molar-refractivity contribution is 14.1. The molecule has 12 heteroatoms. The first kappa shape index (κ1) is 20.3. The SMILES string of the molecule is CS(=O)(=O)c1ncc(Cl)c(C(=O)C(C#N)c2nc3ccc(I)cc3c(=O)[nH]2)n1. The van der Waals surface area contributed by atoms with Crippen molar-refractivity contribution in [2.75, 3.05) is 6.26 Å². The van der Waals surface area contributed by atoms with Gasteiger partial charge in [-0.15, -0.1) is 0 Å². The minimum atomic E-state index is -3.80. The number of carbonyl (C=O) groups excluding carboxylic acids is 1. The van der Waals surface area contributed by atoms with E-state index < -0.39 is 37.9 Å². The molecule has 2 aromatic heterocycles. The number of nitrogens with one attached hydrogen (secondary N) is 1. The van der Waals surface area contributed by atoms with Crippen LogP contribution in [0.3, 0.4) is 0 Å². The number of hydrogen-bond donors (Lipinski definition) is 1. The van der Waals surface area contributed by atoms with E-state index in [1.807, 2.05) is 22.6 Å². The second kappa shape index (κ2) is 7.53. The summed E-state index contributed by atoms with van der Waals surface area (Å²) in [5.41, 5.74) is -0.663. The highest BCUT2D eigenvalue weighted by Crippen LogP contribution is 2.23. The van der Waals surface area contributed by atoms with Gasteiger partial charge in [-0.3, -0.25) is 9.59 Å². The summed E-state index contributed by atoms with van der Waals surface area (Å²) in [6.07, 6.45) is 1.83. The molecule has 1 atom stereocenters. The molecular formula is C16H9ClIN5O4S. The number of aromatic nitrogens is 4. The minimum absolute atomic E-state index is 0.193. The standard InChI is InChI=1S/C16H9ClIN5O4S/c1-28(26,27)16-20-6-10(17)12(22-16)13(24)9(5-19)14-21-11-3-2-7(18)4-8(11)15(25)23-14/h2-4,6,9H,1H3,(H,21,23,25). The molecule has 0 amide bonds. The fourth-order valence-corrected chi connectivity index (χ4v) is 3.53. The molecule has 28 heavy (non-hydrogen) atoms. The number of rotatable bonds is 4. The first-order chi connectivity index (χ1) is 13.1. The summed E-state index contributed by atoms with van der Waals surface area (Å²) in [6.45, 7) is 0. The molecule has 0 spiro atoms. The van der Waals surface area contributed by atoms with Crippen LogP contribution in [0, 0.1) is 14.9 Å². The summed E-state index contributed by atoms with van der Waals surface area (Å²) in [4.78, 5) is 39.0. The lowest BCUT2D eigenvalue weighted by Gasteiger charge is -2.10. The van der Waals surface area contributed by atoms with Crippen molar-refractivity contribution in [3.8, 4) is 6.07 Å². The van der Waals surface area contributed by atoms with E-state index in [1.54, 1.807) is 24.3 Å². The largest absolute Gasteiger partial charge is 0.308 e. The van der Waals surface area contributed by atoms with Crippen LogP contribution < -0.4 is 5.56 Å². The van der Waals surface area contributed by atoms with Crippen LogP contribution in [0.2, 0.25) is 5.02 Å². The molecule has 3 rings (SSSR count). The van der Waals surface area contributed by atoms with Gasteiger partial charge in [0.2, 0.25) is 20.8 Å². The number of Topliss-reactive ketones (excluding diaryl/α,β-unsaturated/α-hetero) is 1. The topological polar surface area (TPSA) is 147 Å². The molecule has 0 bridgehead atoms. The number of benzene rings is 1. The Balaban J connectivity index is 2.14. The molecule has 0 aliphatic heterocycles. The molecule has 9 nitrogen and oxygen atoms in total. The summed E-state index contributed by atoms with van der Waals surface area (Å²) in [7, 11) is -3.80. The van der Waals surface area contributed by atoms with E-state index in [0.717, 1.165) is 16.0 Å². The van der Waals surface area contributed by atoms with Crippen molar-refractivity contribution in [2.45, 2.75) is 11.1 Å². The van der Waals surface area contributed by atoms with Crippen LogP contribution >= 0.6 is 34.2 Å². The maximum Gasteiger partial charge on any atom is 0.258 e. The molecule has 0 saturated heterocycles. The average Bonchev–Trinajstić information content (AvgIpc) is 2.62. The second-order valence-electron chi connectivity index (χ2n) is 5.66. The van der Waals surface area contributed by atoms with Crippen molar-refractivity contribution in [1.29, 1.82) is 5.26 Å². The molecule has 1 N–H and O–H groups in total. The van der Waals surface area contributed by atoms with E-state index in [0.29, 0.717) is 10.9 Å². The van der Waals surface area contributed by atoms with Gasteiger partial charge in [0.25, 0.3) is 5.56 Å². The summed E-state index contributed by atoms with van der Waals surface area (Å²) in [6, 6.07) is 6.69. The van der Waals surface area contributed by atoms with Crippen LogP contribution in [0.4, 0.5) is 0 Å². The predicted molar refractivity (Wildman–Crippen MR) is 108 cm³/mol. The van der Waals surface area contributed by atoms with Crippen LogP contribution in [-0.2, 0) is 9.84 Å². The third-order valence-corrected chi connectivity index (χ3v) is 5.45. The van der Waals surface area contributed by atoms with Crippen molar-refractivity contribution in [1.82, 2.24) is 19.9 Å². The minimum Gasteiger partial charge on any atom is -0.308 e. The van der Waals surface area contributed by atoms with Crippen molar-refractivity contribution >= 4 is 60.7 Å². The molecular weight excluding hydrogens is 521 g/mol. The van der Waals surface area contributed by atoms with Crippen molar-refractivity contribution < 1.29 is 13.2 Å². The highest BCUT2D eigenvalue weighted by atomic mass is 127. The van der Waals surface area contributed by atoms with E-state index in [4.69, 9.17) is 11.6 Å². The van der Waals surface area contributed by atoms with Gasteiger partial charge in [-0.1, -0.05) is 11.6 Å². The Bertz CT molecular complexity index is 1330. The lowest BCUT2D eigenvalue weighted by molar-refractivity contribution is 0.0970. The Morgan fingerprint density at radius 3 is 2.71 bits per heavy atom. The molecule has 1 unspecified atom stereocenters. The summed E-state index contributed by atoms with van der Waals surface area (Å²) >= 11 is 7.97. The highest BCUT2D eigenvalue weighted by Gasteiger charge is 2.29. The van der Waals surface area contributed by atoms with Crippen LogP contribution in [0.15, 0.2) is 34.3 Å². The average molecular weight is 530 g/mol. The number of carbonyl (C=O) groups is 1. The van der Waals surface area contributed by atoms with Gasteiger partial charge in [0.1, 0.15) is 11.5 Å². The zero-order valence-corrected chi connectivity index (χ0v) is 17.7. The Hall–Kier alpha value is -2.43. The molecule has 0 fully saturated rings. The Kier molecular flexibility index (Phi) is 5.46. The number of fused-ring (bicyclic) bond motifs is 1. The number of aromatic amines is 1.